The highest BCUT2D eigenvalue weighted by Gasteiger charge is 2.07. The Morgan fingerprint density at radius 2 is 1.65 bits per heavy atom. The van der Waals surface area contributed by atoms with E-state index < -0.39 is 0 Å². The monoisotopic (exact) mass is 238 g/mol. The fourth-order valence-electron chi connectivity index (χ4n) is 1.80. The molecule has 4 nitrogen and oxygen atoms in total. The lowest BCUT2D eigenvalue weighted by atomic mass is 10.1. The predicted molar refractivity (Wildman–Crippen MR) is 72.7 cm³/mol. The van der Waals surface area contributed by atoms with Crippen molar-refractivity contribution in [2.75, 3.05) is 27.7 Å². The Morgan fingerprint density at radius 1 is 1.06 bits per heavy atom. The van der Waals surface area contributed by atoms with Gasteiger partial charge in [0.15, 0.2) is 0 Å². The molecule has 17 heavy (non-hydrogen) atoms. The molecule has 0 N–H and O–H groups in total. The van der Waals surface area contributed by atoms with E-state index in [1.54, 1.807) is 0 Å². The van der Waals surface area contributed by atoms with Gasteiger partial charge in [-0.1, -0.05) is 39.0 Å². The van der Waals surface area contributed by atoms with Gasteiger partial charge in [0.2, 0.25) is 12.2 Å². The maximum atomic E-state index is 8.61. The third-order valence-electron chi connectivity index (χ3n) is 2.74. The van der Waals surface area contributed by atoms with Crippen LogP contribution < -0.4 is 0 Å². The van der Waals surface area contributed by atoms with E-state index in [0.29, 0.717) is 0 Å². The normalized spacial score (nSPS) is 11.1. The molecule has 0 fully saturated rings. The zero-order valence-corrected chi connectivity index (χ0v) is 11.7. The van der Waals surface area contributed by atoms with Crippen molar-refractivity contribution in [2.45, 2.75) is 45.4 Å². The molecule has 0 aromatic rings. The maximum Gasteiger partial charge on any atom is 0.211 e. The highest BCUT2D eigenvalue weighted by Crippen LogP contribution is 2.06. The van der Waals surface area contributed by atoms with Crippen molar-refractivity contribution in [2.24, 2.45) is 4.99 Å². The van der Waals surface area contributed by atoms with Gasteiger partial charge in [-0.2, -0.15) is 5.26 Å². The average molecular weight is 238 g/mol. The molecule has 0 rings (SSSR count). The molecule has 4 heteroatoms. The summed E-state index contributed by atoms with van der Waals surface area (Å²) in [4.78, 5) is 7.75. The molecule has 0 spiro atoms. The van der Waals surface area contributed by atoms with Gasteiger partial charge in [-0.25, -0.2) is 0 Å². The van der Waals surface area contributed by atoms with E-state index >= 15 is 0 Å². The first-order valence-electron chi connectivity index (χ1n) is 6.48. The van der Waals surface area contributed by atoms with Crippen LogP contribution in [0, 0.1) is 11.5 Å². The Hall–Kier alpha value is -1.24. The van der Waals surface area contributed by atoms with Gasteiger partial charge in [-0.05, 0) is 6.42 Å². The number of rotatable bonds is 7. The van der Waals surface area contributed by atoms with Crippen LogP contribution in [0.2, 0.25) is 0 Å². The summed E-state index contributed by atoms with van der Waals surface area (Å²) in [5.41, 5.74) is 0. The zero-order chi connectivity index (χ0) is 13.1. The summed E-state index contributed by atoms with van der Waals surface area (Å²) in [5.74, 6) is 0.737. The molecule has 0 radical (unpaired) electrons. The molecule has 0 atom stereocenters. The molecule has 98 valence electrons. The standard InChI is InChI=1S/C13H26N4/c1-5-6-7-8-9-10-11-17(4)13(15-12-14)16(2)3/h5-11H2,1-4H3. The molecule has 0 aromatic heterocycles. The Bertz CT molecular complexity index is 253. The van der Waals surface area contributed by atoms with Gasteiger partial charge in [-0.3, -0.25) is 0 Å². The number of aliphatic imine (C=N–C) groups is 1. The summed E-state index contributed by atoms with van der Waals surface area (Å²) < 4.78 is 0. The summed E-state index contributed by atoms with van der Waals surface area (Å²) >= 11 is 0. The van der Waals surface area contributed by atoms with Gasteiger partial charge < -0.3 is 9.80 Å². The lowest BCUT2D eigenvalue weighted by Crippen LogP contribution is -2.38. The van der Waals surface area contributed by atoms with Crippen LogP contribution in [0.5, 0.6) is 0 Å². The molecule has 0 heterocycles. The molecule has 0 unspecified atom stereocenters. The third kappa shape index (κ3) is 7.62. The summed E-state index contributed by atoms with van der Waals surface area (Å²) in [5, 5.41) is 8.61. The first-order chi connectivity index (χ1) is 8.13. The van der Waals surface area contributed by atoms with E-state index in [9.17, 15) is 0 Å². The van der Waals surface area contributed by atoms with Gasteiger partial charge in [-0.15, -0.1) is 4.99 Å². The fourth-order valence-corrected chi connectivity index (χ4v) is 1.80. The fraction of sp³-hybridized carbons (Fsp3) is 0.846. The van der Waals surface area contributed by atoms with Crippen molar-refractivity contribution in [1.29, 1.82) is 5.26 Å². The molecule has 0 amide bonds. The molecule has 0 saturated carbocycles. The Balaban J connectivity index is 3.81. The van der Waals surface area contributed by atoms with Gasteiger partial charge >= 0.3 is 0 Å². The van der Waals surface area contributed by atoms with Crippen LogP contribution in [0.1, 0.15) is 45.4 Å². The molecule has 0 bridgehead atoms. The summed E-state index contributed by atoms with van der Waals surface area (Å²) in [6.45, 7) is 3.19. The van der Waals surface area contributed by atoms with Crippen LogP contribution in [-0.4, -0.2) is 43.4 Å². The molecular formula is C13H26N4. The van der Waals surface area contributed by atoms with E-state index in [4.69, 9.17) is 5.26 Å². The number of guanidine groups is 1. The zero-order valence-electron chi connectivity index (χ0n) is 11.7. The number of hydrogen-bond donors (Lipinski definition) is 0. The second-order valence-electron chi connectivity index (χ2n) is 4.60. The van der Waals surface area contributed by atoms with Gasteiger partial charge in [0.05, 0.1) is 0 Å². The van der Waals surface area contributed by atoms with Crippen LogP contribution in [0.4, 0.5) is 0 Å². The highest BCUT2D eigenvalue weighted by molar-refractivity contribution is 5.80. The van der Waals surface area contributed by atoms with Crippen molar-refractivity contribution < 1.29 is 0 Å². The first kappa shape index (κ1) is 15.8. The molecular weight excluding hydrogens is 212 g/mol. The van der Waals surface area contributed by atoms with Crippen LogP contribution in [-0.2, 0) is 0 Å². The molecule has 0 aliphatic rings. The van der Waals surface area contributed by atoms with Crippen LogP contribution >= 0.6 is 0 Å². The number of nitrogens with zero attached hydrogens (tertiary/aromatic N) is 4. The maximum absolute atomic E-state index is 8.61. The second-order valence-corrected chi connectivity index (χ2v) is 4.60. The first-order valence-corrected chi connectivity index (χ1v) is 6.48. The van der Waals surface area contributed by atoms with Crippen molar-refractivity contribution in [1.82, 2.24) is 9.80 Å². The number of nitriles is 1. The minimum Gasteiger partial charge on any atom is -0.348 e. The van der Waals surface area contributed by atoms with Crippen molar-refractivity contribution >= 4 is 5.96 Å². The van der Waals surface area contributed by atoms with Crippen molar-refractivity contribution in [3.05, 3.63) is 0 Å². The van der Waals surface area contributed by atoms with E-state index in [1.165, 1.54) is 38.5 Å². The van der Waals surface area contributed by atoms with E-state index in [-0.39, 0.29) is 0 Å². The Kier molecular flexibility index (Phi) is 9.22. The van der Waals surface area contributed by atoms with Crippen LogP contribution in [0.25, 0.3) is 0 Å². The number of unbranched alkanes of at least 4 members (excludes halogenated alkanes) is 5. The lowest BCUT2D eigenvalue weighted by molar-refractivity contribution is 0.408. The molecule has 0 aliphatic carbocycles. The summed E-state index contributed by atoms with van der Waals surface area (Å²) in [6.07, 6.45) is 9.57. The van der Waals surface area contributed by atoms with Gasteiger partial charge in [0.25, 0.3) is 0 Å². The van der Waals surface area contributed by atoms with Gasteiger partial charge in [0, 0.05) is 27.7 Å². The highest BCUT2D eigenvalue weighted by atomic mass is 15.3. The number of hydrogen-bond acceptors (Lipinski definition) is 2. The van der Waals surface area contributed by atoms with Gasteiger partial charge in [0.1, 0.15) is 0 Å². The minimum atomic E-state index is 0.737. The minimum absolute atomic E-state index is 0.737. The Labute approximate surface area is 106 Å². The van der Waals surface area contributed by atoms with Crippen molar-refractivity contribution in [3.8, 4) is 6.19 Å². The third-order valence-corrected chi connectivity index (χ3v) is 2.74. The van der Waals surface area contributed by atoms with Crippen molar-refractivity contribution in [3.63, 3.8) is 0 Å². The largest absolute Gasteiger partial charge is 0.348 e. The smallest absolute Gasteiger partial charge is 0.211 e. The summed E-state index contributed by atoms with van der Waals surface area (Å²) in [7, 11) is 5.81. The lowest BCUT2D eigenvalue weighted by Gasteiger charge is -2.25. The predicted octanol–water partition coefficient (Wildman–Crippen LogP) is 2.68. The molecule has 0 aliphatic heterocycles. The second kappa shape index (κ2) is 9.95. The van der Waals surface area contributed by atoms with Crippen LogP contribution in [0.15, 0.2) is 4.99 Å². The quantitative estimate of drug-likeness (QED) is 0.296. The SMILES string of the molecule is CCCCCCCCN(C)C(=NC#N)N(C)C. The Morgan fingerprint density at radius 3 is 2.18 bits per heavy atom. The van der Waals surface area contributed by atoms with E-state index in [1.807, 2.05) is 37.1 Å². The van der Waals surface area contributed by atoms with E-state index in [0.717, 1.165) is 12.5 Å². The molecule has 0 aromatic carbocycles. The topological polar surface area (TPSA) is 42.6 Å². The average Bonchev–Trinajstić information content (AvgIpc) is 2.29. The van der Waals surface area contributed by atoms with E-state index in [2.05, 4.69) is 11.9 Å². The molecule has 0 saturated heterocycles. The van der Waals surface area contributed by atoms with Crippen LogP contribution in [0.3, 0.4) is 0 Å². The summed E-state index contributed by atoms with van der Waals surface area (Å²) in [6, 6.07) is 0.